The van der Waals surface area contributed by atoms with Crippen molar-refractivity contribution in [2.24, 2.45) is 0 Å². The number of rotatable bonds is 6. The molecule has 8 heteroatoms. The van der Waals surface area contributed by atoms with Gasteiger partial charge >= 0.3 is 0 Å². The molecule has 3 rings (SSSR count). The summed E-state index contributed by atoms with van der Waals surface area (Å²) in [5.74, 6) is 1.95. The molecule has 0 N–H and O–H groups in total. The Morgan fingerprint density at radius 1 is 1.27 bits per heavy atom. The lowest BCUT2D eigenvalue weighted by Crippen LogP contribution is -2.00. The zero-order chi connectivity index (χ0) is 15.4. The van der Waals surface area contributed by atoms with Crippen LogP contribution in [0.15, 0.2) is 53.0 Å². The number of hydrogen-bond acceptors (Lipinski definition) is 6. The number of hydrogen-bond donors (Lipinski definition) is 0. The van der Waals surface area contributed by atoms with Crippen molar-refractivity contribution in [3.05, 3.63) is 54.2 Å². The standard InChI is InChI=1S/C14H12ClN5OS/c1-2-7-20-13(10-3-5-11(15)6-4-10)17-18-14(20)22-8-12-16-9-21-19-12/h2-6,9H,1,7-8H2. The summed E-state index contributed by atoms with van der Waals surface area (Å²) in [6.07, 6.45) is 3.12. The Hall–Kier alpha value is -2.12. The number of thioether (sulfide) groups is 1. The van der Waals surface area contributed by atoms with Crippen LogP contribution in [0.3, 0.4) is 0 Å². The largest absolute Gasteiger partial charge is 0.343 e. The molecule has 0 aliphatic rings. The fourth-order valence-electron chi connectivity index (χ4n) is 1.89. The Morgan fingerprint density at radius 2 is 2.09 bits per heavy atom. The molecule has 0 spiro atoms. The molecule has 0 aliphatic carbocycles. The van der Waals surface area contributed by atoms with E-state index in [1.807, 2.05) is 28.8 Å². The van der Waals surface area contributed by atoms with Crippen molar-refractivity contribution in [2.45, 2.75) is 17.5 Å². The van der Waals surface area contributed by atoms with Crippen LogP contribution in [0.5, 0.6) is 0 Å². The Morgan fingerprint density at radius 3 is 2.77 bits per heavy atom. The van der Waals surface area contributed by atoms with Gasteiger partial charge in [-0.1, -0.05) is 34.6 Å². The molecule has 22 heavy (non-hydrogen) atoms. The number of halogens is 1. The third kappa shape index (κ3) is 3.20. The van der Waals surface area contributed by atoms with E-state index >= 15 is 0 Å². The van der Waals surface area contributed by atoms with Crippen LogP contribution in [0.2, 0.25) is 5.02 Å². The van der Waals surface area contributed by atoms with Crippen molar-refractivity contribution in [3.63, 3.8) is 0 Å². The molecule has 0 bridgehead atoms. The van der Waals surface area contributed by atoms with Crippen molar-refractivity contribution in [3.8, 4) is 11.4 Å². The van der Waals surface area contributed by atoms with Gasteiger partial charge in [0.2, 0.25) is 6.39 Å². The van der Waals surface area contributed by atoms with E-state index in [-0.39, 0.29) is 0 Å². The summed E-state index contributed by atoms with van der Waals surface area (Å²) >= 11 is 7.42. The lowest BCUT2D eigenvalue weighted by atomic mass is 10.2. The zero-order valence-electron chi connectivity index (χ0n) is 11.5. The second-order valence-corrected chi connectivity index (χ2v) is 5.73. The second-order valence-electron chi connectivity index (χ2n) is 4.35. The average molecular weight is 334 g/mol. The quantitative estimate of drug-likeness (QED) is 0.508. The van der Waals surface area contributed by atoms with Gasteiger partial charge in [-0.3, -0.25) is 4.57 Å². The van der Waals surface area contributed by atoms with E-state index in [1.165, 1.54) is 18.2 Å². The van der Waals surface area contributed by atoms with Gasteiger partial charge in [0.05, 0.1) is 5.75 Å². The first-order valence-electron chi connectivity index (χ1n) is 6.46. The van der Waals surface area contributed by atoms with Gasteiger partial charge < -0.3 is 4.52 Å². The van der Waals surface area contributed by atoms with Crippen LogP contribution < -0.4 is 0 Å². The first-order valence-corrected chi connectivity index (χ1v) is 7.82. The maximum Gasteiger partial charge on any atom is 0.213 e. The van der Waals surface area contributed by atoms with E-state index in [2.05, 4.69) is 26.9 Å². The fourth-order valence-corrected chi connectivity index (χ4v) is 2.81. The molecule has 0 atom stereocenters. The van der Waals surface area contributed by atoms with Gasteiger partial charge in [0, 0.05) is 17.1 Å². The summed E-state index contributed by atoms with van der Waals surface area (Å²) in [4.78, 5) is 3.99. The Bertz CT molecular complexity index is 754. The van der Waals surface area contributed by atoms with Crippen LogP contribution >= 0.6 is 23.4 Å². The van der Waals surface area contributed by atoms with Gasteiger partial charge in [0.15, 0.2) is 16.8 Å². The number of benzene rings is 1. The number of allylic oxidation sites excluding steroid dienone is 1. The first kappa shape index (κ1) is 14.8. The van der Waals surface area contributed by atoms with Crippen molar-refractivity contribution < 1.29 is 4.52 Å². The molecule has 0 unspecified atom stereocenters. The highest BCUT2D eigenvalue weighted by Gasteiger charge is 2.14. The van der Waals surface area contributed by atoms with Gasteiger partial charge in [-0.2, -0.15) is 4.98 Å². The lowest BCUT2D eigenvalue weighted by molar-refractivity contribution is 0.412. The summed E-state index contributed by atoms with van der Waals surface area (Å²) in [5, 5.41) is 13.8. The molecule has 2 heterocycles. The highest BCUT2D eigenvalue weighted by Crippen LogP contribution is 2.26. The SMILES string of the molecule is C=CCn1c(SCc2ncon2)nnc1-c1ccc(Cl)cc1. The minimum absolute atomic E-state index is 0.562. The molecule has 0 amide bonds. The number of nitrogens with zero attached hydrogens (tertiary/aromatic N) is 5. The van der Waals surface area contributed by atoms with Crippen molar-refractivity contribution in [1.29, 1.82) is 0 Å². The third-order valence-electron chi connectivity index (χ3n) is 2.87. The van der Waals surface area contributed by atoms with Crippen LogP contribution in [-0.4, -0.2) is 24.9 Å². The predicted octanol–water partition coefficient (Wildman–Crippen LogP) is 3.46. The molecule has 0 saturated carbocycles. The molecule has 1 aromatic carbocycles. The van der Waals surface area contributed by atoms with E-state index in [0.717, 1.165) is 16.5 Å². The maximum atomic E-state index is 5.93. The van der Waals surface area contributed by atoms with Crippen LogP contribution in [0.1, 0.15) is 5.82 Å². The molecule has 3 aromatic rings. The molecule has 112 valence electrons. The summed E-state index contributed by atoms with van der Waals surface area (Å²) in [5.41, 5.74) is 0.949. The molecule has 0 aliphatic heterocycles. The highest BCUT2D eigenvalue weighted by molar-refractivity contribution is 7.98. The molecule has 2 aromatic heterocycles. The summed E-state index contributed by atoms with van der Waals surface area (Å²) in [6.45, 7) is 4.40. The van der Waals surface area contributed by atoms with E-state index in [4.69, 9.17) is 16.1 Å². The Labute approximate surface area is 136 Å². The van der Waals surface area contributed by atoms with Crippen LogP contribution in [0.25, 0.3) is 11.4 Å². The Balaban J connectivity index is 1.87. The third-order valence-corrected chi connectivity index (χ3v) is 4.08. The summed E-state index contributed by atoms with van der Waals surface area (Å²) in [6, 6.07) is 7.49. The van der Waals surface area contributed by atoms with Gasteiger partial charge in [0.25, 0.3) is 0 Å². The van der Waals surface area contributed by atoms with Crippen LogP contribution in [0, 0.1) is 0 Å². The topological polar surface area (TPSA) is 69.6 Å². The van der Waals surface area contributed by atoms with E-state index in [9.17, 15) is 0 Å². The normalized spacial score (nSPS) is 10.8. The molecular formula is C14H12ClN5OS. The Kier molecular flexibility index (Phi) is 4.55. The maximum absolute atomic E-state index is 5.93. The van der Waals surface area contributed by atoms with Gasteiger partial charge in [-0.15, -0.1) is 16.8 Å². The van der Waals surface area contributed by atoms with Crippen molar-refractivity contribution in [1.82, 2.24) is 24.9 Å². The smallest absolute Gasteiger partial charge is 0.213 e. The van der Waals surface area contributed by atoms with E-state index in [0.29, 0.717) is 23.1 Å². The molecule has 0 saturated heterocycles. The first-order chi connectivity index (χ1) is 10.8. The van der Waals surface area contributed by atoms with Crippen molar-refractivity contribution >= 4 is 23.4 Å². The monoisotopic (exact) mass is 333 g/mol. The lowest BCUT2D eigenvalue weighted by Gasteiger charge is -2.07. The van der Waals surface area contributed by atoms with Gasteiger partial charge in [0.1, 0.15) is 0 Å². The van der Waals surface area contributed by atoms with Crippen molar-refractivity contribution in [2.75, 3.05) is 0 Å². The summed E-state index contributed by atoms with van der Waals surface area (Å²) < 4.78 is 6.71. The van der Waals surface area contributed by atoms with Gasteiger partial charge in [-0.05, 0) is 24.3 Å². The van der Waals surface area contributed by atoms with E-state index < -0.39 is 0 Å². The van der Waals surface area contributed by atoms with Crippen LogP contribution in [0.4, 0.5) is 0 Å². The predicted molar refractivity (Wildman–Crippen MR) is 84.5 cm³/mol. The molecular weight excluding hydrogens is 322 g/mol. The van der Waals surface area contributed by atoms with E-state index in [1.54, 1.807) is 6.08 Å². The minimum atomic E-state index is 0.562. The minimum Gasteiger partial charge on any atom is -0.343 e. The average Bonchev–Trinajstić information content (AvgIpc) is 3.16. The van der Waals surface area contributed by atoms with Gasteiger partial charge in [-0.25, -0.2) is 0 Å². The summed E-state index contributed by atoms with van der Waals surface area (Å²) in [7, 11) is 0. The molecule has 0 fully saturated rings. The zero-order valence-corrected chi connectivity index (χ0v) is 13.1. The molecule has 6 nitrogen and oxygen atoms in total. The van der Waals surface area contributed by atoms with Crippen LogP contribution in [-0.2, 0) is 12.3 Å². The number of aromatic nitrogens is 5. The molecule has 0 radical (unpaired) electrons. The fraction of sp³-hybridized carbons (Fsp3) is 0.143. The highest BCUT2D eigenvalue weighted by atomic mass is 35.5. The second kappa shape index (κ2) is 6.76.